The van der Waals surface area contributed by atoms with Gasteiger partial charge in [0, 0.05) is 19.1 Å². The molecule has 64 valence electrons. The van der Waals surface area contributed by atoms with Crippen molar-refractivity contribution in [3.05, 3.63) is 0 Å². The number of nitrogens with zero attached hydrogens (tertiary/aromatic N) is 1. The third-order valence-electron chi connectivity index (χ3n) is 1.11. The summed E-state index contributed by atoms with van der Waals surface area (Å²) in [5.74, 6) is 0. The van der Waals surface area contributed by atoms with Crippen LogP contribution in [0.1, 0.15) is 13.8 Å². The van der Waals surface area contributed by atoms with Crippen molar-refractivity contribution >= 4 is 12.4 Å². The maximum absolute atomic E-state index is 3.34. The fourth-order valence-electron chi connectivity index (χ4n) is 0.577. The van der Waals surface area contributed by atoms with E-state index in [1.807, 2.05) is 0 Å². The monoisotopic (exact) mass is 166 g/mol. The van der Waals surface area contributed by atoms with Gasteiger partial charge in [-0.05, 0) is 14.1 Å². The standard InChI is InChI=1S/C7H18N2.ClH/c1-7(2)8-5-6-9(3)4;/h7-8H,5-6H2,1-4H3;1H. The number of likely N-dealkylation sites (N-methyl/N-ethyl adjacent to an activating group) is 1. The van der Waals surface area contributed by atoms with Gasteiger partial charge in [-0.25, -0.2) is 0 Å². The largest absolute Gasteiger partial charge is 0.313 e. The summed E-state index contributed by atoms with van der Waals surface area (Å²) >= 11 is 0. The van der Waals surface area contributed by atoms with Crippen LogP contribution in [0.5, 0.6) is 0 Å². The molecule has 0 spiro atoms. The van der Waals surface area contributed by atoms with E-state index in [1.54, 1.807) is 0 Å². The fourth-order valence-corrected chi connectivity index (χ4v) is 0.577. The number of nitrogens with one attached hydrogen (secondary N) is 1. The van der Waals surface area contributed by atoms with Gasteiger partial charge >= 0.3 is 0 Å². The molecule has 0 aliphatic rings. The Morgan fingerprint density at radius 3 is 2.10 bits per heavy atom. The molecule has 0 heterocycles. The zero-order valence-electron chi connectivity index (χ0n) is 7.35. The first-order chi connectivity index (χ1) is 4.13. The van der Waals surface area contributed by atoms with Crippen molar-refractivity contribution in [1.29, 1.82) is 0 Å². The molecule has 0 saturated heterocycles. The highest BCUT2D eigenvalue weighted by atomic mass is 35.5. The van der Waals surface area contributed by atoms with E-state index in [9.17, 15) is 0 Å². The minimum Gasteiger partial charge on any atom is -0.313 e. The number of rotatable bonds is 4. The maximum atomic E-state index is 3.34. The molecule has 10 heavy (non-hydrogen) atoms. The molecule has 0 aromatic carbocycles. The van der Waals surface area contributed by atoms with Gasteiger partial charge in [-0.3, -0.25) is 0 Å². The van der Waals surface area contributed by atoms with Crippen molar-refractivity contribution in [1.82, 2.24) is 10.2 Å². The molecule has 2 nitrogen and oxygen atoms in total. The SMILES string of the molecule is CC(C)NCCN(C)C.Cl. The summed E-state index contributed by atoms with van der Waals surface area (Å²) in [4.78, 5) is 2.18. The molecule has 0 aliphatic carbocycles. The van der Waals surface area contributed by atoms with Crippen molar-refractivity contribution in [3.8, 4) is 0 Å². The average Bonchev–Trinajstić information content (AvgIpc) is 1.63. The lowest BCUT2D eigenvalue weighted by molar-refractivity contribution is 0.391. The van der Waals surface area contributed by atoms with Crippen LogP contribution in [0.25, 0.3) is 0 Å². The van der Waals surface area contributed by atoms with Crippen LogP contribution in [0.3, 0.4) is 0 Å². The summed E-state index contributed by atoms with van der Waals surface area (Å²) in [6.45, 7) is 6.54. The van der Waals surface area contributed by atoms with Gasteiger partial charge in [0.25, 0.3) is 0 Å². The second-order valence-electron chi connectivity index (χ2n) is 2.91. The minimum absolute atomic E-state index is 0. The normalized spacial score (nSPS) is 10.2. The zero-order valence-corrected chi connectivity index (χ0v) is 8.16. The van der Waals surface area contributed by atoms with Crippen LogP contribution < -0.4 is 5.32 Å². The highest BCUT2D eigenvalue weighted by molar-refractivity contribution is 5.85. The van der Waals surface area contributed by atoms with Crippen LogP contribution in [0.2, 0.25) is 0 Å². The molecule has 0 aliphatic heterocycles. The molecule has 0 aromatic heterocycles. The second-order valence-corrected chi connectivity index (χ2v) is 2.91. The smallest absolute Gasteiger partial charge is 0.0101 e. The summed E-state index contributed by atoms with van der Waals surface area (Å²) in [5, 5.41) is 3.34. The van der Waals surface area contributed by atoms with E-state index in [4.69, 9.17) is 0 Å². The number of halogens is 1. The Bertz CT molecular complexity index is 56.6. The van der Waals surface area contributed by atoms with Crippen LogP contribution in [-0.4, -0.2) is 38.1 Å². The molecule has 0 fully saturated rings. The van der Waals surface area contributed by atoms with E-state index < -0.39 is 0 Å². The van der Waals surface area contributed by atoms with Gasteiger partial charge in [-0.15, -0.1) is 12.4 Å². The molecule has 0 radical (unpaired) electrons. The second kappa shape index (κ2) is 7.32. The minimum atomic E-state index is 0. The highest BCUT2D eigenvalue weighted by Gasteiger charge is 1.91. The van der Waals surface area contributed by atoms with Crippen molar-refractivity contribution < 1.29 is 0 Å². The van der Waals surface area contributed by atoms with E-state index in [0.29, 0.717) is 6.04 Å². The Morgan fingerprint density at radius 2 is 1.80 bits per heavy atom. The van der Waals surface area contributed by atoms with Gasteiger partial charge in [0.15, 0.2) is 0 Å². The van der Waals surface area contributed by atoms with E-state index in [2.05, 4.69) is 38.2 Å². The quantitative estimate of drug-likeness (QED) is 0.670. The van der Waals surface area contributed by atoms with Gasteiger partial charge < -0.3 is 10.2 Å². The van der Waals surface area contributed by atoms with E-state index in [1.165, 1.54) is 0 Å². The van der Waals surface area contributed by atoms with Crippen LogP contribution in [0.4, 0.5) is 0 Å². The summed E-state index contributed by atoms with van der Waals surface area (Å²) in [6.07, 6.45) is 0. The third kappa shape index (κ3) is 11.1. The zero-order chi connectivity index (χ0) is 7.28. The molecule has 0 atom stereocenters. The molecule has 0 bridgehead atoms. The van der Waals surface area contributed by atoms with Gasteiger partial charge in [0.05, 0.1) is 0 Å². The molecule has 0 saturated carbocycles. The Kier molecular flexibility index (Phi) is 9.40. The first-order valence-corrected chi connectivity index (χ1v) is 3.51. The van der Waals surface area contributed by atoms with Gasteiger partial charge in [-0.2, -0.15) is 0 Å². The summed E-state index contributed by atoms with van der Waals surface area (Å²) in [6, 6.07) is 0.616. The Morgan fingerprint density at radius 1 is 1.30 bits per heavy atom. The Hall–Kier alpha value is 0.210. The van der Waals surface area contributed by atoms with E-state index >= 15 is 0 Å². The maximum Gasteiger partial charge on any atom is 0.0101 e. The van der Waals surface area contributed by atoms with Gasteiger partial charge in [0.2, 0.25) is 0 Å². The van der Waals surface area contributed by atoms with E-state index in [-0.39, 0.29) is 12.4 Å². The van der Waals surface area contributed by atoms with Crippen molar-refractivity contribution in [3.63, 3.8) is 0 Å². The molecule has 3 heteroatoms. The first-order valence-electron chi connectivity index (χ1n) is 3.51. The number of hydrogen-bond donors (Lipinski definition) is 1. The molecule has 0 aromatic rings. The molecule has 0 amide bonds. The highest BCUT2D eigenvalue weighted by Crippen LogP contribution is 1.76. The fraction of sp³-hybridized carbons (Fsp3) is 1.00. The van der Waals surface area contributed by atoms with Gasteiger partial charge in [-0.1, -0.05) is 13.8 Å². The lowest BCUT2D eigenvalue weighted by atomic mass is 10.4. The third-order valence-corrected chi connectivity index (χ3v) is 1.11. The van der Waals surface area contributed by atoms with Crippen molar-refractivity contribution in [2.24, 2.45) is 0 Å². The van der Waals surface area contributed by atoms with Crippen molar-refractivity contribution in [2.75, 3.05) is 27.2 Å². The van der Waals surface area contributed by atoms with Crippen LogP contribution in [0, 0.1) is 0 Å². The lowest BCUT2D eigenvalue weighted by Crippen LogP contribution is -2.30. The van der Waals surface area contributed by atoms with Gasteiger partial charge in [0.1, 0.15) is 0 Å². The lowest BCUT2D eigenvalue weighted by Gasteiger charge is -2.11. The summed E-state index contributed by atoms with van der Waals surface area (Å²) in [5.41, 5.74) is 0. The molecular formula is C7H19ClN2. The summed E-state index contributed by atoms with van der Waals surface area (Å²) in [7, 11) is 4.17. The van der Waals surface area contributed by atoms with Crippen LogP contribution in [0.15, 0.2) is 0 Å². The molecule has 0 rings (SSSR count). The van der Waals surface area contributed by atoms with Crippen LogP contribution >= 0.6 is 12.4 Å². The topological polar surface area (TPSA) is 15.3 Å². The number of hydrogen-bond acceptors (Lipinski definition) is 2. The average molecular weight is 167 g/mol. The Labute approximate surface area is 70.4 Å². The van der Waals surface area contributed by atoms with E-state index in [0.717, 1.165) is 13.1 Å². The predicted octanol–water partition coefficient (Wildman–Crippen LogP) is 0.968. The molecule has 1 N–H and O–H groups in total. The van der Waals surface area contributed by atoms with Crippen molar-refractivity contribution in [2.45, 2.75) is 19.9 Å². The predicted molar refractivity (Wildman–Crippen MR) is 48.9 cm³/mol. The molecule has 0 unspecified atom stereocenters. The Balaban J connectivity index is 0. The first kappa shape index (κ1) is 12.8. The van der Waals surface area contributed by atoms with Crippen LogP contribution in [-0.2, 0) is 0 Å². The summed E-state index contributed by atoms with van der Waals surface area (Å²) < 4.78 is 0. The molecular weight excluding hydrogens is 148 g/mol.